The predicted molar refractivity (Wildman–Crippen MR) is 81.7 cm³/mol. The third-order valence-corrected chi connectivity index (χ3v) is 4.38. The molecule has 6 heteroatoms. The number of ether oxygens (including phenoxy) is 1. The van der Waals surface area contributed by atoms with Crippen LogP contribution >= 0.6 is 22.9 Å². The van der Waals surface area contributed by atoms with Crippen LogP contribution in [0.4, 0.5) is 4.39 Å². The lowest BCUT2D eigenvalue weighted by Gasteiger charge is -2.09. The Morgan fingerprint density at radius 3 is 2.90 bits per heavy atom. The van der Waals surface area contributed by atoms with E-state index in [1.807, 2.05) is 6.07 Å². The third-order valence-electron chi connectivity index (χ3n) is 3.18. The van der Waals surface area contributed by atoms with Gasteiger partial charge in [-0.05, 0) is 29.8 Å². The van der Waals surface area contributed by atoms with E-state index in [9.17, 15) is 9.18 Å². The van der Waals surface area contributed by atoms with E-state index >= 15 is 0 Å². The molecule has 0 saturated heterocycles. The van der Waals surface area contributed by atoms with E-state index in [0.717, 1.165) is 15.8 Å². The Morgan fingerprint density at radius 1 is 1.38 bits per heavy atom. The van der Waals surface area contributed by atoms with Crippen molar-refractivity contribution in [2.75, 3.05) is 7.11 Å². The standard InChI is InChI=1S/C15H11ClFNO2S/c1-20-15(19)12-6-13-11(7-14(16)21-13)18(12)8-9-3-2-4-10(17)5-9/h2-7H,8H2,1H3. The van der Waals surface area contributed by atoms with Crippen LogP contribution < -0.4 is 0 Å². The van der Waals surface area contributed by atoms with E-state index in [-0.39, 0.29) is 5.82 Å². The van der Waals surface area contributed by atoms with Gasteiger partial charge < -0.3 is 9.30 Å². The van der Waals surface area contributed by atoms with Gasteiger partial charge in [-0.3, -0.25) is 0 Å². The van der Waals surface area contributed by atoms with Crippen molar-refractivity contribution < 1.29 is 13.9 Å². The van der Waals surface area contributed by atoms with Crippen molar-refractivity contribution in [1.29, 1.82) is 0 Å². The summed E-state index contributed by atoms with van der Waals surface area (Å²) >= 11 is 7.41. The monoisotopic (exact) mass is 323 g/mol. The highest BCUT2D eigenvalue weighted by Gasteiger charge is 2.18. The topological polar surface area (TPSA) is 31.2 Å². The summed E-state index contributed by atoms with van der Waals surface area (Å²) in [6, 6.07) is 9.83. The zero-order chi connectivity index (χ0) is 15.0. The largest absolute Gasteiger partial charge is 0.464 e. The molecule has 2 heterocycles. The first-order valence-corrected chi connectivity index (χ1v) is 7.39. The van der Waals surface area contributed by atoms with Gasteiger partial charge in [0.15, 0.2) is 0 Å². The minimum absolute atomic E-state index is 0.307. The summed E-state index contributed by atoms with van der Waals surface area (Å²) in [7, 11) is 1.34. The Morgan fingerprint density at radius 2 is 2.19 bits per heavy atom. The second kappa shape index (κ2) is 5.50. The number of benzene rings is 1. The lowest BCUT2D eigenvalue weighted by atomic mass is 10.2. The van der Waals surface area contributed by atoms with Crippen LogP contribution in [0.25, 0.3) is 10.2 Å². The molecule has 21 heavy (non-hydrogen) atoms. The zero-order valence-corrected chi connectivity index (χ0v) is 12.7. The van der Waals surface area contributed by atoms with Gasteiger partial charge in [-0.2, -0.15) is 0 Å². The van der Waals surface area contributed by atoms with Crippen LogP contribution in [0.5, 0.6) is 0 Å². The number of methoxy groups -OCH3 is 1. The molecule has 3 rings (SSSR count). The normalized spacial score (nSPS) is 11.0. The minimum atomic E-state index is -0.425. The molecule has 0 spiro atoms. The van der Waals surface area contributed by atoms with Gasteiger partial charge >= 0.3 is 5.97 Å². The fourth-order valence-electron chi connectivity index (χ4n) is 2.27. The van der Waals surface area contributed by atoms with Crippen LogP contribution in [-0.4, -0.2) is 17.6 Å². The highest BCUT2D eigenvalue weighted by atomic mass is 35.5. The van der Waals surface area contributed by atoms with Crippen LogP contribution in [-0.2, 0) is 11.3 Å². The van der Waals surface area contributed by atoms with Gasteiger partial charge in [0.05, 0.1) is 21.7 Å². The second-order valence-electron chi connectivity index (χ2n) is 4.54. The minimum Gasteiger partial charge on any atom is -0.464 e. The van der Waals surface area contributed by atoms with Crippen LogP contribution in [0.15, 0.2) is 36.4 Å². The Labute approximate surface area is 129 Å². The van der Waals surface area contributed by atoms with Crippen LogP contribution in [0.1, 0.15) is 16.1 Å². The number of esters is 1. The van der Waals surface area contributed by atoms with Crippen LogP contribution in [0.3, 0.4) is 0 Å². The molecule has 0 unspecified atom stereocenters. The summed E-state index contributed by atoms with van der Waals surface area (Å²) in [5.41, 5.74) is 2.04. The molecule has 0 atom stereocenters. The van der Waals surface area contributed by atoms with Crippen LogP contribution in [0, 0.1) is 5.82 Å². The molecule has 1 aromatic carbocycles. The Balaban J connectivity index is 2.11. The number of hydrogen-bond donors (Lipinski definition) is 0. The summed E-state index contributed by atoms with van der Waals surface area (Å²) in [5, 5.41) is 0. The fraction of sp³-hybridized carbons (Fsp3) is 0.133. The number of rotatable bonds is 3. The molecular weight excluding hydrogens is 313 g/mol. The molecule has 0 aliphatic carbocycles. The van der Waals surface area contributed by atoms with Gasteiger partial charge in [0.1, 0.15) is 11.5 Å². The predicted octanol–water partition coefficient (Wildman–Crippen LogP) is 4.33. The summed E-state index contributed by atoms with van der Waals surface area (Å²) in [6.07, 6.45) is 0. The Hall–Kier alpha value is -1.85. The maximum absolute atomic E-state index is 13.3. The van der Waals surface area contributed by atoms with E-state index in [0.29, 0.717) is 16.6 Å². The molecule has 0 aliphatic rings. The Kier molecular flexibility index (Phi) is 3.69. The number of carbonyl (C=O) groups is 1. The van der Waals surface area contributed by atoms with Gasteiger partial charge in [0, 0.05) is 6.54 Å². The average Bonchev–Trinajstić information content (AvgIpc) is 2.96. The van der Waals surface area contributed by atoms with Gasteiger partial charge in [-0.15, -0.1) is 11.3 Å². The lowest BCUT2D eigenvalue weighted by Crippen LogP contribution is -2.11. The number of nitrogens with zero attached hydrogens (tertiary/aromatic N) is 1. The van der Waals surface area contributed by atoms with Gasteiger partial charge in [-0.1, -0.05) is 23.7 Å². The molecule has 0 N–H and O–H groups in total. The quantitative estimate of drug-likeness (QED) is 0.672. The maximum Gasteiger partial charge on any atom is 0.354 e. The molecule has 3 aromatic rings. The fourth-order valence-corrected chi connectivity index (χ4v) is 3.45. The number of aromatic nitrogens is 1. The van der Waals surface area contributed by atoms with Gasteiger partial charge in [0.25, 0.3) is 0 Å². The van der Waals surface area contributed by atoms with Crippen molar-refractivity contribution in [3.8, 4) is 0 Å². The van der Waals surface area contributed by atoms with Gasteiger partial charge in [-0.25, -0.2) is 9.18 Å². The number of fused-ring (bicyclic) bond motifs is 1. The summed E-state index contributed by atoms with van der Waals surface area (Å²) in [4.78, 5) is 11.9. The van der Waals surface area contributed by atoms with Crippen molar-refractivity contribution in [3.05, 3.63) is 57.8 Å². The average molecular weight is 324 g/mol. The molecular formula is C15H11ClFNO2S. The first kappa shape index (κ1) is 14.1. The van der Waals surface area contributed by atoms with Crippen molar-refractivity contribution in [3.63, 3.8) is 0 Å². The molecule has 0 aliphatic heterocycles. The third kappa shape index (κ3) is 2.66. The molecule has 0 radical (unpaired) electrons. The van der Waals surface area contributed by atoms with Gasteiger partial charge in [0.2, 0.25) is 0 Å². The second-order valence-corrected chi connectivity index (χ2v) is 6.25. The molecule has 3 nitrogen and oxygen atoms in total. The molecule has 0 fully saturated rings. The summed E-state index contributed by atoms with van der Waals surface area (Å²) in [6.45, 7) is 0.374. The number of hydrogen-bond acceptors (Lipinski definition) is 3. The zero-order valence-electron chi connectivity index (χ0n) is 11.1. The van der Waals surface area contributed by atoms with Crippen molar-refractivity contribution in [2.24, 2.45) is 0 Å². The highest BCUT2D eigenvalue weighted by molar-refractivity contribution is 7.22. The van der Waals surface area contributed by atoms with E-state index in [1.54, 1.807) is 22.8 Å². The van der Waals surface area contributed by atoms with E-state index < -0.39 is 5.97 Å². The van der Waals surface area contributed by atoms with Crippen molar-refractivity contribution >= 4 is 39.1 Å². The summed E-state index contributed by atoms with van der Waals surface area (Å²) in [5.74, 6) is -0.732. The first-order chi connectivity index (χ1) is 10.1. The van der Waals surface area contributed by atoms with E-state index in [2.05, 4.69) is 0 Å². The number of carbonyl (C=O) groups excluding carboxylic acids is 1. The molecule has 2 aromatic heterocycles. The highest BCUT2D eigenvalue weighted by Crippen LogP contribution is 2.33. The summed E-state index contributed by atoms with van der Waals surface area (Å²) < 4.78 is 21.5. The smallest absolute Gasteiger partial charge is 0.354 e. The van der Waals surface area contributed by atoms with Crippen molar-refractivity contribution in [2.45, 2.75) is 6.54 Å². The SMILES string of the molecule is COC(=O)c1cc2sc(Cl)cc2n1Cc1cccc(F)c1. The maximum atomic E-state index is 13.3. The molecule has 108 valence electrons. The lowest BCUT2D eigenvalue weighted by molar-refractivity contribution is 0.0589. The van der Waals surface area contributed by atoms with Crippen LogP contribution in [0.2, 0.25) is 4.34 Å². The molecule has 0 saturated carbocycles. The molecule has 0 bridgehead atoms. The Bertz CT molecular complexity index is 824. The van der Waals surface area contributed by atoms with E-state index in [1.165, 1.54) is 30.6 Å². The first-order valence-electron chi connectivity index (χ1n) is 6.20. The number of halogens is 2. The molecule has 0 amide bonds. The van der Waals surface area contributed by atoms with Crippen molar-refractivity contribution in [1.82, 2.24) is 4.57 Å². The van der Waals surface area contributed by atoms with E-state index in [4.69, 9.17) is 16.3 Å². The number of thiophene rings is 1.